The van der Waals surface area contributed by atoms with Crippen molar-refractivity contribution in [3.63, 3.8) is 0 Å². The van der Waals surface area contributed by atoms with Gasteiger partial charge in [0.2, 0.25) is 5.91 Å². The van der Waals surface area contributed by atoms with E-state index in [0.717, 1.165) is 11.1 Å². The fourth-order valence-corrected chi connectivity index (χ4v) is 2.32. The minimum atomic E-state index is -0.466. The Bertz CT molecular complexity index is 845. The summed E-state index contributed by atoms with van der Waals surface area (Å²) < 4.78 is 0. The summed E-state index contributed by atoms with van der Waals surface area (Å²) in [4.78, 5) is 22.4. The Morgan fingerprint density at radius 1 is 1.16 bits per heavy atom. The molecule has 2 aromatic rings. The van der Waals surface area contributed by atoms with Crippen LogP contribution in [0.5, 0.6) is 0 Å². The average molecular weight is 355 g/mol. The van der Waals surface area contributed by atoms with Crippen LogP contribution in [0.15, 0.2) is 48.5 Å². The number of nitrogens with zero attached hydrogens (tertiary/aromatic N) is 1. The Morgan fingerprint density at radius 3 is 2.48 bits per heavy atom. The maximum Gasteiger partial charge on any atom is 0.274 e. The molecule has 0 spiro atoms. The Hall–Kier alpha value is -3.06. The first-order valence-electron chi connectivity index (χ1n) is 7.47. The van der Waals surface area contributed by atoms with Gasteiger partial charge in [-0.1, -0.05) is 35.9 Å². The number of aryl methyl sites for hydroxylation is 1. The number of hydrogen-bond acceptors (Lipinski definition) is 4. The van der Waals surface area contributed by atoms with E-state index >= 15 is 0 Å². The molecule has 2 N–H and O–H groups in total. The van der Waals surface area contributed by atoms with Gasteiger partial charge in [-0.25, -0.2) is 0 Å². The normalized spacial score (nSPS) is 10.5. The molecule has 0 aliphatic carbocycles. The quantitative estimate of drug-likeness (QED) is 0.378. The Balaban J connectivity index is 1.98. The highest BCUT2D eigenvalue weighted by Crippen LogP contribution is 2.24. The van der Waals surface area contributed by atoms with E-state index in [1.165, 1.54) is 12.1 Å². The Labute approximate surface area is 150 Å². The van der Waals surface area contributed by atoms with Crippen molar-refractivity contribution in [2.24, 2.45) is 0 Å². The van der Waals surface area contributed by atoms with E-state index in [2.05, 4.69) is 10.6 Å². The molecule has 2 aromatic carbocycles. The molecule has 0 unspecified atom stereocenters. The minimum absolute atomic E-state index is 0.0154. The van der Waals surface area contributed by atoms with Crippen molar-refractivity contribution in [1.82, 2.24) is 5.32 Å². The van der Waals surface area contributed by atoms with Crippen molar-refractivity contribution < 1.29 is 9.72 Å². The molecule has 0 saturated heterocycles. The lowest BCUT2D eigenvalue weighted by Gasteiger charge is -2.10. The van der Waals surface area contributed by atoms with Gasteiger partial charge in [0.1, 0.15) is 0 Å². The number of nitro benzene ring substituents is 1. The van der Waals surface area contributed by atoms with Crippen molar-refractivity contribution in [1.29, 1.82) is 0 Å². The van der Waals surface area contributed by atoms with Crippen LogP contribution < -0.4 is 10.6 Å². The van der Waals surface area contributed by atoms with Gasteiger partial charge in [0, 0.05) is 12.1 Å². The highest BCUT2D eigenvalue weighted by Gasteiger charge is 2.14. The molecule has 0 atom stereocenters. The average Bonchev–Trinajstić information content (AvgIpc) is 2.56. The highest BCUT2D eigenvalue weighted by atomic mass is 32.1. The second-order valence-electron chi connectivity index (χ2n) is 5.39. The van der Waals surface area contributed by atoms with Crippen LogP contribution in [-0.4, -0.2) is 15.9 Å². The number of benzene rings is 2. The molecule has 0 fully saturated rings. The standard InChI is InChI=1S/C18H17N3O3S/c1-12-6-8-14(9-7-12)10-11-17(22)20-18(25)19-15-4-3-5-16(13(15)2)21(23)24/h3-11H,1-2H3,(H2,19,20,22,25)/b11-10+. The molecule has 0 radical (unpaired) electrons. The lowest BCUT2D eigenvalue weighted by atomic mass is 10.1. The fraction of sp³-hybridized carbons (Fsp3) is 0.111. The predicted molar refractivity (Wildman–Crippen MR) is 102 cm³/mol. The zero-order valence-electron chi connectivity index (χ0n) is 13.8. The molecular weight excluding hydrogens is 338 g/mol. The number of thiocarbonyl (C=S) groups is 1. The molecule has 0 aromatic heterocycles. The molecule has 0 aliphatic rings. The maximum atomic E-state index is 11.9. The summed E-state index contributed by atoms with van der Waals surface area (Å²) in [6.45, 7) is 3.60. The summed E-state index contributed by atoms with van der Waals surface area (Å²) in [5, 5.41) is 16.3. The molecule has 0 heterocycles. The topological polar surface area (TPSA) is 84.3 Å². The summed E-state index contributed by atoms with van der Waals surface area (Å²) in [7, 11) is 0. The summed E-state index contributed by atoms with van der Waals surface area (Å²) in [6.07, 6.45) is 3.05. The lowest BCUT2D eigenvalue weighted by molar-refractivity contribution is -0.385. The first-order valence-corrected chi connectivity index (χ1v) is 7.88. The maximum absolute atomic E-state index is 11.9. The largest absolute Gasteiger partial charge is 0.332 e. The van der Waals surface area contributed by atoms with Crippen LogP contribution in [0, 0.1) is 24.0 Å². The molecule has 1 amide bonds. The third-order valence-electron chi connectivity index (χ3n) is 3.49. The van der Waals surface area contributed by atoms with Gasteiger partial charge >= 0.3 is 0 Å². The summed E-state index contributed by atoms with van der Waals surface area (Å²) in [6, 6.07) is 12.3. The van der Waals surface area contributed by atoms with Crippen molar-refractivity contribution in [2.45, 2.75) is 13.8 Å². The summed E-state index contributed by atoms with van der Waals surface area (Å²) in [5.74, 6) is -0.388. The molecule has 128 valence electrons. The van der Waals surface area contributed by atoms with Gasteiger partial charge in [-0.2, -0.15) is 0 Å². The van der Waals surface area contributed by atoms with Crippen molar-refractivity contribution in [2.75, 3.05) is 5.32 Å². The van der Waals surface area contributed by atoms with Crippen LogP contribution >= 0.6 is 12.2 Å². The van der Waals surface area contributed by atoms with E-state index in [1.807, 2.05) is 31.2 Å². The summed E-state index contributed by atoms with van der Waals surface area (Å²) in [5.41, 5.74) is 2.94. The number of nitro groups is 1. The number of carbonyl (C=O) groups excluding carboxylic acids is 1. The molecular formula is C18H17N3O3S. The number of amides is 1. The van der Waals surface area contributed by atoms with Crippen LogP contribution in [-0.2, 0) is 4.79 Å². The fourth-order valence-electron chi connectivity index (χ4n) is 2.11. The number of carbonyl (C=O) groups is 1. The van der Waals surface area contributed by atoms with Crippen LogP contribution in [0.1, 0.15) is 16.7 Å². The van der Waals surface area contributed by atoms with Crippen molar-refractivity contribution in [3.8, 4) is 0 Å². The molecule has 0 saturated carbocycles. The smallest absolute Gasteiger partial charge is 0.274 e. The highest BCUT2D eigenvalue weighted by molar-refractivity contribution is 7.80. The monoisotopic (exact) mass is 355 g/mol. The molecule has 0 aliphatic heterocycles. The van der Waals surface area contributed by atoms with Crippen LogP contribution in [0.4, 0.5) is 11.4 Å². The number of hydrogen-bond donors (Lipinski definition) is 2. The number of nitrogens with one attached hydrogen (secondary N) is 2. The van der Waals surface area contributed by atoms with Crippen molar-refractivity contribution in [3.05, 3.63) is 75.3 Å². The molecule has 6 nitrogen and oxygen atoms in total. The van der Waals surface area contributed by atoms with Gasteiger partial charge < -0.3 is 5.32 Å². The zero-order chi connectivity index (χ0) is 18.4. The third-order valence-corrected chi connectivity index (χ3v) is 3.70. The van der Waals surface area contributed by atoms with Gasteiger partial charge in [0.05, 0.1) is 16.2 Å². The Kier molecular flexibility index (Phi) is 5.97. The molecule has 25 heavy (non-hydrogen) atoms. The van der Waals surface area contributed by atoms with Gasteiger partial charge in [0.15, 0.2) is 5.11 Å². The van der Waals surface area contributed by atoms with E-state index in [0.29, 0.717) is 11.3 Å². The lowest BCUT2D eigenvalue weighted by Crippen LogP contribution is -2.33. The van der Waals surface area contributed by atoms with E-state index in [9.17, 15) is 14.9 Å². The van der Waals surface area contributed by atoms with E-state index in [1.54, 1.807) is 25.1 Å². The third kappa shape index (κ3) is 5.22. The summed E-state index contributed by atoms with van der Waals surface area (Å²) >= 11 is 5.08. The van der Waals surface area contributed by atoms with Gasteiger partial charge in [-0.3, -0.25) is 20.2 Å². The predicted octanol–water partition coefficient (Wildman–Crippen LogP) is 3.74. The SMILES string of the molecule is Cc1ccc(/C=C/C(=O)NC(=S)Nc2cccc([N+](=O)[O-])c2C)cc1. The van der Waals surface area contributed by atoms with Crippen molar-refractivity contribution >= 4 is 40.7 Å². The van der Waals surface area contributed by atoms with E-state index < -0.39 is 4.92 Å². The van der Waals surface area contributed by atoms with Crippen LogP contribution in [0.3, 0.4) is 0 Å². The van der Waals surface area contributed by atoms with Crippen LogP contribution in [0.25, 0.3) is 6.08 Å². The molecule has 7 heteroatoms. The first kappa shape index (κ1) is 18.3. The number of anilines is 1. The second-order valence-corrected chi connectivity index (χ2v) is 5.80. The van der Waals surface area contributed by atoms with Gasteiger partial charge in [-0.05, 0) is 43.8 Å². The van der Waals surface area contributed by atoms with Crippen LogP contribution in [0.2, 0.25) is 0 Å². The van der Waals surface area contributed by atoms with E-state index in [4.69, 9.17) is 12.2 Å². The van der Waals surface area contributed by atoms with Gasteiger partial charge in [-0.15, -0.1) is 0 Å². The second kappa shape index (κ2) is 8.16. The minimum Gasteiger partial charge on any atom is -0.332 e. The van der Waals surface area contributed by atoms with Gasteiger partial charge in [0.25, 0.3) is 5.69 Å². The van der Waals surface area contributed by atoms with E-state index in [-0.39, 0.29) is 16.7 Å². The zero-order valence-corrected chi connectivity index (χ0v) is 14.6. The molecule has 0 bridgehead atoms. The molecule has 2 rings (SSSR count). The first-order chi connectivity index (χ1) is 11.9. The number of rotatable bonds is 4. The Morgan fingerprint density at radius 2 is 1.84 bits per heavy atom.